The number of ether oxygens (including phenoxy) is 2. The average molecular weight is 460 g/mol. The summed E-state index contributed by atoms with van der Waals surface area (Å²) in [7, 11) is 3.19. The number of rotatable bonds is 8. The van der Waals surface area contributed by atoms with Crippen LogP contribution in [-0.2, 0) is 6.42 Å². The first-order valence-corrected chi connectivity index (χ1v) is 10.9. The lowest BCUT2D eigenvalue weighted by Crippen LogP contribution is -2.30. The van der Waals surface area contributed by atoms with Crippen molar-refractivity contribution < 1.29 is 14.4 Å². The first-order chi connectivity index (χ1) is 16.5. The predicted molar refractivity (Wildman–Crippen MR) is 130 cm³/mol. The zero-order valence-electron chi connectivity index (χ0n) is 19.2. The van der Waals surface area contributed by atoms with Gasteiger partial charge >= 0.3 is 0 Å². The molecule has 0 aliphatic carbocycles. The minimum Gasteiger partial charge on any atom is -0.497 e. The molecule has 3 aromatic carbocycles. The maximum atomic E-state index is 13.9. The summed E-state index contributed by atoms with van der Waals surface area (Å²) in [4.78, 5) is 29.5. The van der Waals surface area contributed by atoms with Crippen LogP contribution in [0.2, 0.25) is 0 Å². The third kappa shape index (κ3) is 4.34. The molecule has 0 aliphatic heterocycles. The van der Waals surface area contributed by atoms with Gasteiger partial charge in [0.2, 0.25) is 0 Å². The van der Waals surface area contributed by atoms with E-state index in [0.29, 0.717) is 29.3 Å². The molecule has 0 aliphatic rings. The van der Waals surface area contributed by atoms with Gasteiger partial charge in [-0.2, -0.15) is 0 Å². The van der Waals surface area contributed by atoms with Crippen LogP contribution in [0, 0.1) is 10.1 Å². The van der Waals surface area contributed by atoms with E-state index in [2.05, 4.69) is 0 Å². The van der Waals surface area contributed by atoms with E-state index >= 15 is 0 Å². The lowest BCUT2D eigenvalue weighted by molar-refractivity contribution is -0.384. The molecule has 1 aromatic heterocycles. The van der Waals surface area contributed by atoms with Gasteiger partial charge in [-0.3, -0.25) is 19.5 Å². The Morgan fingerprint density at radius 3 is 1.97 bits per heavy atom. The highest BCUT2D eigenvalue weighted by atomic mass is 16.6. The lowest BCUT2D eigenvalue weighted by Gasteiger charge is -2.25. The molecular weight excluding hydrogens is 434 g/mol. The van der Waals surface area contributed by atoms with E-state index in [-0.39, 0.29) is 16.6 Å². The van der Waals surface area contributed by atoms with Crippen molar-refractivity contribution in [3.8, 4) is 11.5 Å². The Labute approximate surface area is 196 Å². The summed E-state index contributed by atoms with van der Waals surface area (Å²) in [6, 6.07) is 18.7. The van der Waals surface area contributed by atoms with Gasteiger partial charge in [-0.05, 0) is 47.9 Å². The van der Waals surface area contributed by atoms with Crippen molar-refractivity contribution in [2.45, 2.75) is 25.8 Å². The number of nitro groups is 1. The number of aromatic nitrogens is 2. The SMILES string of the molecule is CCCc1nc2ccc([N+](=O)[O-])cc2c(=O)n1C(c1ccc(OC)cc1)c1ccc(OC)cc1. The van der Waals surface area contributed by atoms with Gasteiger partial charge in [-0.15, -0.1) is 0 Å². The molecule has 8 heteroatoms. The Kier molecular flexibility index (Phi) is 6.58. The first-order valence-electron chi connectivity index (χ1n) is 10.9. The molecule has 0 radical (unpaired) electrons. The topological polar surface area (TPSA) is 96.5 Å². The van der Waals surface area contributed by atoms with Crippen molar-refractivity contribution in [1.29, 1.82) is 0 Å². The third-order valence-corrected chi connectivity index (χ3v) is 5.76. The molecular formula is C26H25N3O5. The minimum atomic E-state index is -0.506. The highest BCUT2D eigenvalue weighted by Crippen LogP contribution is 2.30. The van der Waals surface area contributed by atoms with Crippen molar-refractivity contribution in [3.05, 3.63) is 104 Å². The highest BCUT2D eigenvalue weighted by molar-refractivity contribution is 5.80. The van der Waals surface area contributed by atoms with Gasteiger partial charge < -0.3 is 9.47 Å². The number of aryl methyl sites for hydroxylation is 1. The summed E-state index contributed by atoms with van der Waals surface area (Å²) in [6.07, 6.45) is 1.36. The molecule has 0 unspecified atom stereocenters. The van der Waals surface area contributed by atoms with Crippen LogP contribution in [0.5, 0.6) is 11.5 Å². The number of nitro benzene ring substituents is 1. The fraction of sp³-hybridized carbons (Fsp3) is 0.231. The molecule has 0 saturated carbocycles. The molecule has 1 heterocycles. The van der Waals surface area contributed by atoms with Crippen LogP contribution in [0.25, 0.3) is 10.9 Å². The number of benzene rings is 3. The highest BCUT2D eigenvalue weighted by Gasteiger charge is 2.24. The normalized spacial score (nSPS) is 11.1. The Balaban J connectivity index is 2.03. The van der Waals surface area contributed by atoms with E-state index in [0.717, 1.165) is 17.5 Å². The first kappa shape index (κ1) is 23.0. The molecule has 174 valence electrons. The van der Waals surface area contributed by atoms with Gasteiger partial charge in [0.05, 0.1) is 36.1 Å². The van der Waals surface area contributed by atoms with Gasteiger partial charge in [-0.1, -0.05) is 31.2 Å². The summed E-state index contributed by atoms with van der Waals surface area (Å²) in [6.45, 7) is 2.02. The molecule has 0 N–H and O–H groups in total. The molecule has 8 nitrogen and oxygen atoms in total. The molecule has 0 bridgehead atoms. The van der Waals surface area contributed by atoms with E-state index in [1.165, 1.54) is 18.2 Å². The number of non-ortho nitro benzene ring substituents is 1. The summed E-state index contributed by atoms with van der Waals surface area (Å²) < 4.78 is 12.3. The molecule has 0 spiro atoms. The zero-order valence-corrected chi connectivity index (χ0v) is 19.2. The van der Waals surface area contributed by atoms with Crippen LogP contribution in [0.1, 0.15) is 36.3 Å². The van der Waals surface area contributed by atoms with Gasteiger partial charge in [0.25, 0.3) is 11.2 Å². The molecule has 0 fully saturated rings. The maximum Gasteiger partial charge on any atom is 0.270 e. The second kappa shape index (κ2) is 9.74. The fourth-order valence-electron chi connectivity index (χ4n) is 4.08. The monoisotopic (exact) mass is 459 g/mol. The van der Waals surface area contributed by atoms with Crippen LogP contribution >= 0.6 is 0 Å². The number of hydrogen-bond donors (Lipinski definition) is 0. The van der Waals surface area contributed by atoms with Gasteiger partial charge in [-0.25, -0.2) is 4.98 Å². The number of fused-ring (bicyclic) bond motifs is 1. The predicted octanol–water partition coefficient (Wildman–Crippen LogP) is 4.91. The molecule has 0 atom stereocenters. The number of methoxy groups -OCH3 is 2. The number of hydrogen-bond acceptors (Lipinski definition) is 6. The quantitative estimate of drug-likeness (QED) is 0.274. The summed E-state index contributed by atoms with van der Waals surface area (Å²) in [5, 5.41) is 11.6. The van der Waals surface area contributed by atoms with E-state index in [9.17, 15) is 14.9 Å². The van der Waals surface area contributed by atoms with Crippen molar-refractivity contribution in [2.75, 3.05) is 14.2 Å². The second-order valence-electron chi connectivity index (χ2n) is 7.86. The van der Waals surface area contributed by atoms with E-state index in [4.69, 9.17) is 14.5 Å². The minimum absolute atomic E-state index is 0.147. The van der Waals surface area contributed by atoms with Crippen LogP contribution in [0.4, 0.5) is 5.69 Å². The molecule has 0 saturated heterocycles. The van der Waals surface area contributed by atoms with Crippen molar-refractivity contribution in [2.24, 2.45) is 0 Å². The van der Waals surface area contributed by atoms with Crippen molar-refractivity contribution >= 4 is 16.6 Å². The van der Waals surface area contributed by atoms with Crippen molar-refractivity contribution in [1.82, 2.24) is 9.55 Å². The third-order valence-electron chi connectivity index (χ3n) is 5.76. The smallest absolute Gasteiger partial charge is 0.270 e. The average Bonchev–Trinajstić information content (AvgIpc) is 2.86. The second-order valence-corrected chi connectivity index (χ2v) is 7.86. The van der Waals surface area contributed by atoms with Crippen molar-refractivity contribution in [3.63, 3.8) is 0 Å². The number of nitrogens with zero attached hydrogens (tertiary/aromatic N) is 3. The molecule has 4 aromatic rings. The van der Waals surface area contributed by atoms with Gasteiger partial charge in [0.15, 0.2) is 0 Å². The standard InChI is InChI=1S/C26H25N3O5/c1-4-5-24-27-23-15-10-19(29(31)32)16-22(23)26(30)28(24)25(17-6-11-20(33-2)12-7-17)18-8-13-21(34-3)14-9-18/h6-16,25H,4-5H2,1-3H3. The largest absolute Gasteiger partial charge is 0.497 e. The summed E-state index contributed by atoms with van der Waals surface area (Å²) in [5.74, 6) is 2.02. The van der Waals surface area contributed by atoms with Crippen LogP contribution in [0.15, 0.2) is 71.5 Å². The molecule has 0 amide bonds. The van der Waals surface area contributed by atoms with Crippen LogP contribution in [-0.4, -0.2) is 28.7 Å². The van der Waals surface area contributed by atoms with Crippen LogP contribution < -0.4 is 15.0 Å². The molecule has 4 rings (SSSR count). The Morgan fingerprint density at radius 1 is 0.941 bits per heavy atom. The zero-order chi connectivity index (χ0) is 24.2. The van der Waals surface area contributed by atoms with Gasteiger partial charge in [0.1, 0.15) is 17.3 Å². The van der Waals surface area contributed by atoms with E-state index in [1.54, 1.807) is 18.8 Å². The van der Waals surface area contributed by atoms with E-state index < -0.39 is 11.0 Å². The van der Waals surface area contributed by atoms with Crippen LogP contribution in [0.3, 0.4) is 0 Å². The molecule has 34 heavy (non-hydrogen) atoms. The maximum absolute atomic E-state index is 13.9. The summed E-state index contributed by atoms with van der Waals surface area (Å²) >= 11 is 0. The van der Waals surface area contributed by atoms with E-state index in [1.807, 2.05) is 55.5 Å². The van der Waals surface area contributed by atoms with Gasteiger partial charge in [0, 0.05) is 18.6 Å². The Hall–Kier alpha value is -4.20. The Morgan fingerprint density at radius 2 is 1.50 bits per heavy atom. The fourth-order valence-corrected chi connectivity index (χ4v) is 4.08. The summed E-state index contributed by atoms with van der Waals surface area (Å²) in [5.41, 5.74) is 1.69. The Bertz CT molecular complexity index is 1330. The lowest BCUT2D eigenvalue weighted by atomic mass is 9.97.